The second-order valence-electron chi connectivity index (χ2n) is 7.33. The standard InChI is InChI=1S/C24H21N5O/c1-15-12-19-17(23(25)30)8-5-9-21(19)29(15)22-13-20(18-10-11-26-24(18)28-22)27-14-16-6-3-2-4-7-16/h2-13H,14H2,1H3,(H2,25,30)(H2,26,27,28). The van der Waals surface area contributed by atoms with E-state index < -0.39 is 5.91 Å². The number of nitrogens with one attached hydrogen (secondary N) is 2. The molecule has 0 spiro atoms. The van der Waals surface area contributed by atoms with Crippen LogP contribution in [0.1, 0.15) is 21.6 Å². The zero-order valence-electron chi connectivity index (χ0n) is 16.5. The summed E-state index contributed by atoms with van der Waals surface area (Å²) in [4.78, 5) is 19.9. The van der Waals surface area contributed by atoms with E-state index >= 15 is 0 Å². The molecule has 0 aliphatic rings. The molecule has 3 aromatic heterocycles. The van der Waals surface area contributed by atoms with Crippen molar-refractivity contribution >= 4 is 33.5 Å². The van der Waals surface area contributed by atoms with Gasteiger partial charge < -0.3 is 16.0 Å². The lowest BCUT2D eigenvalue weighted by atomic mass is 10.1. The molecule has 0 atom stereocenters. The predicted molar refractivity (Wildman–Crippen MR) is 120 cm³/mol. The molecule has 0 unspecified atom stereocenters. The minimum absolute atomic E-state index is 0.434. The minimum atomic E-state index is -0.434. The Morgan fingerprint density at radius 3 is 2.70 bits per heavy atom. The van der Waals surface area contributed by atoms with Crippen LogP contribution in [0.4, 0.5) is 5.69 Å². The average molecular weight is 395 g/mol. The fourth-order valence-corrected chi connectivity index (χ4v) is 3.96. The Bertz CT molecular complexity index is 1380. The number of nitrogens with zero attached hydrogens (tertiary/aromatic N) is 2. The molecule has 0 aliphatic heterocycles. The van der Waals surface area contributed by atoms with E-state index in [2.05, 4.69) is 27.0 Å². The predicted octanol–water partition coefficient (Wildman–Crippen LogP) is 4.53. The van der Waals surface area contributed by atoms with Gasteiger partial charge in [-0.15, -0.1) is 0 Å². The highest BCUT2D eigenvalue weighted by Gasteiger charge is 2.16. The highest BCUT2D eigenvalue weighted by atomic mass is 16.1. The number of nitrogens with two attached hydrogens (primary N) is 1. The molecule has 0 bridgehead atoms. The molecule has 6 nitrogen and oxygen atoms in total. The van der Waals surface area contributed by atoms with E-state index in [1.54, 1.807) is 6.07 Å². The number of hydrogen-bond donors (Lipinski definition) is 3. The summed E-state index contributed by atoms with van der Waals surface area (Å²) < 4.78 is 2.05. The number of H-pyrrole nitrogens is 1. The molecule has 5 rings (SSSR count). The van der Waals surface area contributed by atoms with Crippen LogP contribution in [0.3, 0.4) is 0 Å². The van der Waals surface area contributed by atoms with Crippen molar-refractivity contribution in [1.29, 1.82) is 0 Å². The molecule has 0 aliphatic carbocycles. The van der Waals surface area contributed by atoms with Crippen molar-refractivity contribution in [3.05, 3.63) is 89.7 Å². The van der Waals surface area contributed by atoms with Crippen LogP contribution in [-0.4, -0.2) is 20.4 Å². The van der Waals surface area contributed by atoms with Gasteiger partial charge in [-0.2, -0.15) is 0 Å². The lowest BCUT2D eigenvalue weighted by Gasteiger charge is -2.13. The summed E-state index contributed by atoms with van der Waals surface area (Å²) in [6.45, 7) is 2.71. The molecule has 148 valence electrons. The van der Waals surface area contributed by atoms with Crippen LogP contribution in [0.2, 0.25) is 0 Å². The monoisotopic (exact) mass is 395 g/mol. The van der Waals surface area contributed by atoms with Gasteiger partial charge in [-0.3, -0.25) is 9.36 Å². The molecule has 30 heavy (non-hydrogen) atoms. The van der Waals surface area contributed by atoms with Crippen molar-refractivity contribution in [2.75, 3.05) is 5.32 Å². The number of amides is 1. The zero-order chi connectivity index (χ0) is 20.7. The summed E-state index contributed by atoms with van der Waals surface area (Å²) in [6.07, 6.45) is 1.89. The van der Waals surface area contributed by atoms with Crippen LogP contribution >= 0.6 is 0 Å². The second-order valence-corrected chi connectivity index (χ2v) is 7.33. The Morgan fingerprint density at radius 1 is 1.07 bits per heavy atom. The topological polar surface area (TPSA) is 88.7 Å². The van der Waals surface area contributed by atoms with Gasteiger partial charge >= 0.3 is 0 Å². The molecule has 1 amide bonds. The number of benzene rings is 2. The molecule has 5 aromatic rings. The van der Waals surface area contributed by atoms with Gasteiger partial charge in [0.15, 0.2) is 0 Å². The molecule has 0 radical (unpaired) electrons. The largest absolute Gasteiger partial charge is 0.380 e. The highest BCUT2D eigenvalue weighted by molar-refractivity contribution is 6.06. The Morgan fingerprint density at radius 2 is 1.90 bits per heavy atom. The highest BCUT2D eigenvalue weighted by Crippen LogP contribution is 2.30. The third kappa shape index (κ3) is 2.99. The van der Waals surface area contributed by atoms with Crippen LogP contribution in [0.25, 0.3) is 27.8 Å². The Hall–Kier alpha value is -4.06. The molecule has 4 N–H and O–H groups in total. The number of fused-ring (bicyclic) bond motifs is 2. The molecular weight excluding hydrogens is 374 g/mol. The van der Waals surface area contributed by atoms with E-state index in [1.807, 2.05) is 61.7 Å². The van der Waals surface area contributed by atoms with Crippen LogP contribution in [0.5, 0.6) is 0 Å². The Balaban J connectivity index is 1.64. The number of aryl methyl sites for hydroxylation is 1. The lowest BCUT2D eigenvalue weighted by Crippen LogP contribution is -2.11. The Kier molecular flexibility index (Phi) is 4.25. The fourth-order valence-electron chi connectivity index (χ4n) is 3.96. The number of aromatic nitrogens is 3. The number of primary amides is 1. The van der Waals surface area contributed by atoms with Crippen LogP contribution < -0.4 is 11.1 Å². The maximum Gasteiger partial charge on any atom is 0.249 e. The van der Waals surface area contributed by atoms with E-state index in [9.17, 15) is 4.79 Å². The van der Waals surface area contributed by atoms with Gasteiger partial charge in [-0.05, 0) is 36.8 Å². The molecule has 0 saturated heterocycles. The van der Waals surface area contributed by atoms with Crippen LogP contribution in [0, 0.1) is 6.92 Å². The number of aromatic amines is 1. The Labute approximate surface area is 173 Å². The SMILES string of the molecule is Cc1cc2c(C(N)=O)cccc2n1-c1cc(NCc2ccccc2)c2cc[nH]c2n1. The molecule has 2 aromatic carbocycles. The van der Waals surface area contributed by atoms with Gasteiger partial charge in [0, 0.05) is 46.5 Å². The number of pyridine rings is 1. The van der Waals surface area contributed by atoms with Gasteiger partial charge in [-0.25, -0.2) is 4.98 Å². The molecule has 3 heterocycles. The third-order valence-corrected chi connectivity index (χ3v) is 5.37. The van der Waals surface area contributed by atoms with Crippen LogP contribution in [-0.2, 0) is 6.54 Å². The molecule has 6 heteroatoms. The first-order valence-corrected chi connectivity index (χ1v) is 9.79. The van der Waals surface area contributed by atoms with E-state index in [0.29, 0.717) is 12.1 Å². The van der Waals surface area contributed by atoms with Gasteiger partial charge in [0.05, 0.1) is 5.52 Å². The van der Waals surface area contributed by atoms with E-state index in [0.717, 1.165) is 39.1 Å². The second kappa shape index (κ2) is 7.08. The van der Waals surface area contributed by atoms with Gasteiger partial charge in [0.1, 0.15) is 11.5 Å². The first-order valence-electron chi connectivity index (χ1n) is 9.79. The minimum Gasteiger partial charge on any atom is -0.380 e. The normalized spacial score (nSPS) is 11.2. The quantitative estimate of drug-likeness (QED) is 0.409. The number of rotatable bonds is 5. The summed E-state index contributed by atoms with van der Waals surface area (Å²) >= 11 is 0. The smallest absolute Gasteiger partial charge is 0.249 e. The van der Waals surface area contributed by atoms with Crippen molar-refractivity contribution in [2.45, 2.75) is 13.5 Å². The van der Waals surface area contributed by atoms with Crippen molar-refractivity contribution in [1.82, 2.24) is 14.5 Å². The average Bonchev–Trinajstić information content (AvgIpc) is 3.35. The lowest BCUT2D eigenvalue weighted by molar-refractivity contribution is 0.100. The van der Waals surface area contributed by atoms with Crippen molar-refractivity contribution in [3.63, 3.8) is 0 Å². The summed E-state index contributed by atoms with van der Waals surface area (Å²) in [6, 6.07) is 21.9. The first kappa shape index (κ1) is 18.0. The number of carbonyl (C=O) groups excluding carboxylic acids is 1. The zero-order valence-corrected chi connectivity index (χ0v) is 16.5. The summed E-state index contributed by atoms with van der Waals surface area (Å²) in [5.41, 5.74) is 11.0. The summed E-state index contributed by atoms with van der Waals surface area (Å²) in [5.74, 6) is 0.338. The first-order chi connectivity index (χ1) is 14.6. The van der Waals surface area contributed by atoms with Gasteiger partial charge in [0.2, 0.25) is 5.91 Å². The van der Waals surface area contributed by atoms with Gasteiger partial charge in [0.25, 0.3) is 0 Å². The summed E-state index contributed by atoms with van der Waals surface area (Å²) in [5, 5.41) is 5.40. The van der Waals surface area contributed by atoms with Gasteiger partial charge in [-0.1, -0.05) is 36.4 Å². The maximum atomic E-state index is 11.9. The third-order valence-electron chi connectivity index (χ3n) is 5.37. The number of carbonyl (C=O) groups is 1. The summed E-state index contributed by atoms with van der Waals surface area (Å²) in [7, 11) is 0. The van der Waals surface area contributed by atoms with Crippen molar-refractivity contribution in [3.8, 4) is 5.82 Å². The van der Waals surface area contributed by atoms with Crippen molar-refractivity contribution in [2.24, 2.45) is 5.73 Å². The maximum absolute atomic E-state index is 11.9. The fraction of sp³-hybridized carbons (Fsp3) is 0.0833. The van der Waals surface area contributed by atoms with E-state index in [4.69, 9.17) is 10.7 Å². The van der Waals surface area contributed by atoms with E-state index in [1.165, 1.54) is 5.56 Å². The molecule has 0 saturated carbocycles. The number of hydrogen-bond acceptors (Lipinski definition) is 3. The van der Waals surface area contributed by atoms with Crippen LogP contribution in [0.15, 0.2) is 72.9 Å². The van der Waals surface area contributed by atoms with Crippen molar-refractivity contribution < 1.29 is 4.79 Å². The molecular formula is C24H21N5O. The number of anilines is 1. The van der Waals surface area contributed by atoms with E-state index in [-0.39, 0.29) is 0 Å². The molecule has 0 fully saturated rings.